The molecule has 7 heteroatoms. The lowest BCUT2D eigenvalue weighted by molar-refractivity contribution is 0.0828. The molecule has 1 aromatic carbocycles. The fourth-order valence-electron chi connectivity index (χ4n) is 8.26. The summed E-state index contributed by atoms with van der Waals surface area (Å²) in [4.78, 5) is 17.1. The number of aromatic nitrogens is 1. The van der Waals surface area contributed by atoms with Crippen molar-refractivity contribution >= 4 is 15.9 Å². The molecular weight excluding hydrogens is 470 g/mol. The number of pyridine rings is 1. The minimum absolute atomic E-state index is 0.119. The Labute approximate surface area is 214 Å². The van der Waals surface area contributed by atoms with E-state index in [1.165, 1.54) is 11.1 Å². The van der Waals surface area contributed by atoms with Gasteiger partial charge in [-0.25, -0.2) is 12.7 Å². The number of piperidine rings is 1. The highest BCUT2D eigenvalue weighted by molar-refractivity contribution is 7.89. The number of fused-ring (bicyclic) bond motifs is 4. The van der Waals surface area contributed by atoms with Gasteiger partial charge in [-0.1, -0.05) is 38.1 Å². The summed E-state index contributed by atoms with van der Waals surface area (Å²) in [6.07, 6.45) is 9.97. The van der Waals surface area contributed by atoms with Gasteiger partial charge in [0.15, 0.2) is 0 Å². The maximum atomic E-state index is 14.0. The molecule has 3 atom stereocenters. The Morgan fingerprint density at radius 2 is 1.78 bits per heavy atom. The van der Waals surface area contributed by atoms with Crippen molar-refractivity contribution < 1.29 is 13.2 Å². The summed E-state index contributed by atoms with van der Waals surface area (Å²) >= 11 is 0. The molecule has 1 saturated heterocycles. The van der Waals surface area contributed by atoms with Crippen molar-refractivity contribution in [3.05, 3.63) is 65.5 Å². The largest absolute Gasteiger partial charge is 0.349 e. The second kappa shape index (κ2) is 8.38. The van der Waals surface area contributed by atoms with Gasteiger partial charge in [-0.15, -0.1) is 0 Å². The lowest BCUT2D eigenvalue weighted by Gasteiger charge is -2.45. The van der Waals surface area contributed by atoms with Crippen LogP contribution in [0.3, 0.4) is 0 Å². The van der Waals surface area contributed by atoms with E-state index in [9.17, 15) is 13.2 Å². The smallest absolute Gasteiger partial charge is 0.251 e. The van der Waals surface area contributed by atoms with Crippen molar-refractivity contribution in [3.8, 4) is 0 Å². The molecule has 3 fully saturated rings. The van der Waals surface area contributed by atoms with E-state index >= 15 is 0 Å². The Morgan fingerprint density at radius 1 is 1.06 bits per heavy atom. The van der Waals surface area contributed by atoms with Crippen molar-refractivity contribution in [2.24, 2.45) is 16.7 Å². The van der Waals surface area contributed by atoms with Gasteiger partial charge in [0.05, 0.1) is 5.75 Å². The van der Waals surface area contributed by atoms with Gasteiger partial charge in [-0.05, 0) is 85.0 Å². The molecule has 6 rings (SSSR count). The van der Waals surface area contributed by atoms with Crippen LogP contribution in [0.25, 0.3) is 0 Å². The zero-order valence-corrected chi connectivity index (χ0v) is 22.2. The minimum atomic E-state index is -3.47. The Morgan fingerprint density at radius 3 is 2.50 bits per heavy atom. The minimum Gasteiger partial charge on any atom is -0.349 e. The number of hydrogen-bond donors (Lipinski definition) is 1. The highest BCUT2D eigenvalue weighted by Crippen LogP contribution is 2.66. The van der Waals surface area contributed by atoms with Gasteiger partial charge in [-0.3, -0.25) is 9.78 Å². The first-order valence-corrected chi connectivity index (χ1v) is 15.1. The normalized spacial score (nSPS) is 30.4. The molecule has 2 bridgehead atoms. The van der Waals surface area contributed by atoms with E-state index in [1.54, 1.807) is 28.8 Å². The van der Waals surface area contributed by atoms with E-state index in [0.717, 1.165) is 44.9 Å². The first-order valence-electron chi connectivity index (χ1n) is 13.4. The summed E-state index contributed by atoms with van der Waals surface area (Å²) in [5.74, 6) is 0.409. The van der Waals surface area contributed by atoms with Gasteiger partial charge in [-0.2, -0.15) is 0 Å². The fraction of sp³-hybridized carbons (Fsp3) is 0.586. The zero-order chi connectivity index (χ0) is 25.2. The molecule has 0 radical (unpaired) electrons. The quantitative estimate of drug-likeness (QED) is 0.654. The summed E-state index contributed by atoms with van der Waals surface area (Å²) in [5, 5.41) is 3.25. The molecule has 3 aliphatic carbocycles. The number of amides is 1. The van der Waals surface area contributed by atoms with Crippen molar-refractivity contribution in [2.75, 3.05) is 18.8 Å². The number of nitrogens with zero attached hydrogens (tertiary/aromatic N) is 2. The maximum Gasteiger partial charge on any atom is 0.251 e. The van der Waals surface area contributed by atoms with Crippen LogP contribution in [-0.2, 0) is 21.9 Å². The molecule has 4 aliphatic rings. The van der Waals surface area contributed by atoms with Crippen LogP contribution < -0.4 is 5.32 Å². The molecule has 1 aromatic heterocycles. The molecule has 6 nitrogen and oxygen atoms in total. The Balaban J connectivity index is 1.21. The number of carbonyl (C=O) groups is 1. The fourth-order valence-corrected chi connectivity index (χ4v) is 10.6. The number of nitrogens with one attached hydrogen (secondary N) is 1. The molecule has 2 aromatic rings. The van der Waals surface area contributed by atoms with E-state index in [0.29, 0.717) is 24.6 Å². The topological polar surface area (TPSA) is 79.4 Å². The van der Waals surface area contributed by atoms with Crippen LogP contribution in [0.1, 0.15) is 73.9 Å². The molecule has 2 saturated carbocycles. The number of hydrogen-bond acceptors (Lipinski definition) is 4. The SMILES string of the molecule is CC1(C)[C@@H]2CC[C@@]1(CS(=O)(=O)N1CCC3(CCc4ccccc43)CC1)[C@@H](NC(=O)c1ccncc1)C2. The van der Waals surface area contributed by atoms with Crippen molar-refractivity contribution in [3.63, 3.8) is 0 Å². The van der Waals surface area contributed by atoms with Gasteiger partial charge >= 0.3 is 0 Å². The predicted octanol–water partition coefficient (Wildman–Crippen LogP) is 4.32. The third-order valence-electron chi connectivity index (χ3n) is 10.7. The molecule has 2 heterocycles. The van der Waals surface area contributed by atoms with Gasteiger partial charge < -0.3 is 5.32 Å². The molecule has 1 amide bonds. The lowest BCUT2D eigenvalue weighted by atomic mass is 9.69. The summed E-state index contributed by atoms with van der Waals surface area (Å²) < 4.78 is 29.7. The van der Waals surface area contributed by atoms with E-state index in [4.69, 9.17) is 0 Å². The number of carbonyl (C=O) groups excluding carboxylic acids is 1. The van der Waals surface area contributed by atoms with Gasteiger partial charge in [0.1, 0.15) is 0 Å². The third-order valence-corrected chi connectivity index (χ3v) is 12.7. The summed E-state index contributed by atoms with van der Waals surface area (Å²) in [6.45, 7) is 5.62. The van der Waals surface area contributed by atoms with Crippen LogP contribution in [0.4, 0.5) is 0 Å². The average Bonchev–Trinajstić information content (AvgIpc) is 3.41. The zero-order valence-electron chi connectivity index (χ0n) is 21.4. The molecule has 36 heavy (non-hydrogen) atoms. The molecule has 192 valence electrons. The van der Waals surface area contributed by atoms with Crippen LogP contribution in [-0.4, -0.2) is 48.5 Å². The second-order valence-corrected chi connectivity index (χ2v) is 14.2. The van der Waals surface area contributed by atoms with E-state index in [-0.39, 0.29) is 28.5 Å². The van der Waals surface area contributed by atoms with E-state index in [2.05, 4.69) is 48.4 Å². The number of aryl methyl sites for hydroxylation is 1. The highest BCUT2D eigenvalue weighted by atomic mass is 32.2. The summed E-state index contributed by atoms with van der Waals surface area (Å²) in [5.41, 5.74) is 2.99. The van der Waals surface area contributed by atoms with Crippen LogP contribution in [0.5, 0.6) is 0 Å². The molecule has 1 aliphatic heterocycles. The third kappa shape index (κ3) is 3.57. The van der Waals surface area contributed by atoms with Gasteiger partial charge in [0.25, 0.3) is 5.91 Å². The molecule has 1 N–H and O–H groups in total. The number of rotatable bonds is 5. The van der Waals surface area contributed by atoms with Crippen LogP contribution in [0.15, 0.2) is 48.8 Å². The Bertz CT molecular complexity index is 1270. The van der Waals surface area contributed by atoms with Crippen LogP contribution in [0.2, 0.25) is 0 Å². The van der Waals surface area contributed by atoms with Crippen LogP contribution in [0, 0.1) is 16.7 Å². The molecule has 0 unspecified atom stereocenters. The van der Waals surface area contributed by atoms with E-state index < -0.39 is 15.4 Å². The number of benzene rings is 1. The standard InChI is InChI=1S/C29H37N3O3S/c1-27(2)23-8-12-29(27,25(19-23)31-26(33)22-9-15-30-16-10-22)20-36(34,35)32-17-13-28(14-18-32)11-7-21-5-3-4-6-24(21)28/h3-6,9-10,15-16,23,25H,7-8,11-14,17-20H2,1-2H3,(H,31,33)/t23-,25+,29-/m1/s1. The Kier molecular flexibility index (Phi) is 5.61. The first-order chi connectivity index (χ1) is 17.2. The van der Waals surface area contributed by atoms with Crippen molar-refractivity contribution in [2.45, 2.75) is 70.3 Å². The summed E-state index contributed by atoms with van der Waals surface area (Å²) in [6, 6.07) is 12.0. The maximum absolute atomic E-state index is 14.0. The van der Waals surface area contributed by atoms with Crippen molar-refractivity contribution in [1.29, 1.82) is 0 Å². The van der Waals surface area contributed by atoms with E-state index in [1.807, 2.05) is 0 Å². The lowest BCUT2D eigenvalue weighted by Crippen LogP contribution is -2.55. The van der Waals surface area contributed by atoms with Crippen LogP contribution >= 0.6 is 0 Å². The Hall–Kier alpha value is -2.25. The van der Waals surface area contributed by atoms with Gasteiger partial charge in [0, 0.05) is 42.5 Å². The predicted molar refractivity (Wildman–Crippen MR) is 140 cm³/mol. The van der Waals surface area contributed by atoms with Crippen molar-refractivity contribution in [1.82, 2.24) is 14.6 Å². The van der Waals surface area contributed by atoms with Gasteiger partial charge in [0.2, 0.25) is 10.0 Å². The number of sulfonamides is 1. The molecule has 1 spiro atoms. The molecular formula is C29H37N3O3S. The first kappa shape index (κ1) is 24.1. The summed E-state index contributed by atoms with van der Waals surface area (Å²) in [7, 11) is -3.47. The average molecular weight is 508 g/mol. The highest BCUT2D eigenvalue weighted by Gasteiger charge is 2.66. The second-order valence-electron chi connectivity index (χ2n) is 12.2. The monoisotopic (exact) mass is 507 g/mol.